The predicted molar refractivity (Wildman–Crippen MR) is 83.9 cm³/mol. The molecule has 0 fully saturated rings. The molecule has 1 amide bonds. The average molecular weight is 361 g/mol. The molecule has 0 bridgehead atoms. The number of carbonyl (C=O) groups is 1. The molecule has 102 valence electrons. The van der Waals surface area contributed by atoms with Crippen molar-refractivity contribution in [2.75, 3.05) is 25.1 Å². The zero-order chi connectivity index (χ0) is 14.0. The quantitative estimate of drug-likeness (QED) is 0.879. The van der Waals surface area contributed by atoms with E-state index in [0.29, 0.717) is 16.6 Å². The number of thiophene rings is 1. The van der Waals surface area contributed by atoms with Crippen LogP contribution in [0.25, 0.3) is 0 Å². The number of anilines is 2. The van der Waals surface area contributed by atoms with E-state index >= 15 is 0 Å². The fourth-order valence-corrected chi connectivity index (χ4v) is 3.57. The van der Waals surface area contributed by atoms with Crippen molar-refractivity contribution in [3.63, 3.8) is 0 Å². The van der Waals surface area contributed by atoms with Crippen LogP contribution in [0.1, 0.15) is 15.2 Å². The van der Waals surface area contributed by atoms with Gasteiger partial charge in [-0.25, -0.2) is 4.98 Å². The molecule has 0 radical (unpaired) electrons. The highest BCUT2D eigenvalue weighted by Gasteiger charge is 2.19. The van der Waals surface area contributed by atoms with Crippen molar-refractivity contribution in [1.29, 1.82) is 0 Å². The van der Waals surface area contributed by atoms with Crippen molar-refractivity contribution in [2.24, 2.45) is 0 Å². The van der Waals surface area contributed by atoms with Gasteiger partial charge < -0.3 is 16.0 Å². The number of hydrogen-bond acceptors (Lipinski definition) is 6. The predicted octanol–water partition coefficient (Wildman–Crippen LogP) is 2.86. The summed E-state index contributed by atoms with van der Waals surface area (Å²) in [5, 5.41) is 5.55. The van der Waals surface area contributed by atoms with Crippen molar-refractivity contribution >= 4 is 55.5 Å². The third kappa shape index (κ3) is 3.26. The summed E-state index contributed by atoms with van der Waals surface area (Å²) in [5.74, 6) is 0.163. The Morgan fingerprint density at radius 1 is 1.63 bits per heavy atom. The summed E-state index contributed by atoms with van der Waals surface area (Å²) >= 11 is 6.27. The number of nitrogens with one attached hydrogen (secondary N) is 1. The van der Waals surface area contributed by atoms with Crippen molar-refractivity contribution in [2.45, 2.75) is 6.54 Å². The van der Waals surface area contributed by atoms with Gasteiger partial charge in [0.2, 0.25) is 0 Å². The van der Waals surface area contributed by atoms with E-state index in [1.807, 2.05) is 11.4 Å². The number of rotatable bonds is 4. The van der Waals surface area contributed by atoms with Gasteiger partial charge in [0.1, 0.15) is 10.7 Å². The molecule has 2 aromatic heterocycles. The van der Waals surface area contributed by atoms with Gasteiger partial charge in [0.25, 0.3) is 5.91 Å². The number of carbonyl (C=O) groups excluding carboxylic acids is 1. The molecule has 3 N–H and O–H groups in total. The second-order valence-electron chi connectivity index (χ2n) is 3.90. The summed E-state index contributed by atoms with van der Waals surface area (Å²) in [4.78, 5) is 18.5. The lowest BCUT2D eigenvalue weighted by molar-refractivity contribution is 0.0791. The zero-order valence-electron chi connectivity index (χ0n) is 10.4. The summed E-state index contributed by atoms with van der Waals surface area (Å²) in [6, 6.07) is 2.00. The van der Waals surface area contributed by atoms with Crippen LogP contribution in [0.2, 0.25) is 0 Å². The van der Waals surface area contributed by atoms with Crippen molar-refractivity contribution in [3.8, 4) is 0 Å². The number of nitrogens with zero attached hydrogens (tertiary/aromatic N) is 2. The number of amides is 1. The fraction of sp³-hybridized carbons (Fsp3) is 0.273. The molecular weight excluding hydrogens is 348 g/mol. The molecular formula is C11H13BrN4OS2. The topological polar surface area (TPSA) is 71.2 Å². The smallest absolute Gasteiger partial charge is 0.267 e. The molecule has 0 aromatic carbocycles. The summed E-state index contributed by atoms with van der Waals surface area (Å²) in [6.07, 6.45) is 0. The van der Waals surface area contributed by atoms with Crippen LogP contribution < -0.4 is 11.1 Å². The summed E-state index contributed by atoms with van der Waals surface area (Å²) < 4.78 is 1.05. The Morgan fingerprint density at radius 3 is 2.89 bits per heavy atom. The van der Waals surface area contributed by atoms with Crippen LogP contribution in [0.15, 0.2) is 15.2 Å². The highest BCUT2D eigenvalue weighted by Crippen LogP contribution is 2.27. The Balaban J connectivity index is 2.12. The Morgan fingerprint density at radius 2 is 2.37 bits per heavy atom. The Labute approximate surface area is 127 Å². The fourth-order valence-electron chi connectivity index (χ4n) is 1.54. The number of aromatic nitrogens is 1. The van der Waals surface area contributed by atoms with E-state index < -0.39 is 0 Å². The van der Waals surface area contributed by atoms with Crippen molar-refractivity contribution in [3.05, 3.63) is 25.7 Å². The molecule has 0 saturated heterocycles. The van der Waals surface area contributed by atoms with E-state index in [-0.39, 0.29) is 11.7 Å². The maximum Gasteiger partial charge on any atom is 0.267 e. The maximum atomic E-state index is 12.3. The summed E-state index contributed by atoms with van der Waals surface area (Å²) in [6.45, 7) is 0.549. The number of hydrogen-bond donors (Lipinski definition) is 2. The van der Waals surface area contributed by atoms with Crippen LogP contribution >= 0.6 is 38.6 Å². The summed E-state index contributed by atoms with van der Waals surface area (Å²) in [7, 11) is 3.51. The number of halogens is 1. The van der Waals surface area contributed by atoms with E-state index in [1.165, 1.54) is 11.3 Å². The van der Waals surface area contributed by atoms with E-state index in [1.54, 1.807) is 30.3 Å². The van der Waals surface area contributed by atoms with Crippen LogP contribution in [0.3, 0.4) is 0 Å². The van der Waals surface area contributed by atoms with Gasteiger partial charge in [-0.2, -0.15) is 0 Å². The van der Waals surface area contributed by atoms with E-state index in [0.717, 1.165) is 9.35 Å². The van der Waals surface area contributed by atoms with Gasteiger partial charge in [-0.15, -0.1) is 11.3 Å². The lowest BCUT2D eigenvalue weighted by Crippen LogP contribution is -2.25. The number of thiazole rings is 1. The first-order valence-corrected chi connectivity index (χ1v) is 7.92. The Bertz CT molecular complexity index is 595. The first-order chi connectivity index (χ1) is 9.01. The molecule has 0 atom stereocenters. The van der Waals surface area contributed by atoms with Crippen LogP contribution in [0.4, 0.5) is 10.9 Å². The first kappa shape index (κ1) is 14.3. The minimum atomic E-state index is -0.112. The van der Waals surface area contributed by atoms with Crippen molar-refractivity contribution < 1.29 is 4.79 Å². The maximum absolute atomic E-state index is 12.3. The van der Waals surface area contributed by atoms with Crippen LogP contribution in [-0.4, -0.2) is 29.9 Å². The monoisotopic (exact) mass is 360 g/mol. The third-order valence-corrected chi connectivity index (χ3v) is 5.08. The largest absolute Gasteiger partial charge is 0.382 e. The molecule has 5 nitrogen and oxygen atoms in total. The lowest BCUT2D eigenvalue weighted by Gasteiger charge is -2.15. The van der Waals surface area contributed by atoms with E-state index in [2.05, 4.69) is 26.2 Å². The SMILES string of the molecule is CNc1nc(N)c(C(=O)N(C)Cc2csc(Br)c2)s1. The van der Waals surface area contributed by atoms with Gasteiger partial charge in [0, 0.05) is 20.6 Å². The van der Waals surface area contributed by atoms with Gasteiger partial charge in [-0.1, -0.05) is 11.3 Å². The van der Waals surface area contributed by atoms with Gasteiger partial charge in [-0.3, -0.25) is 4.79 Å². The number of nitrogen functional groups attached to an aromatic ring is 1. The number of nitrogens with two attached hydrogens (primary N) is 1. The average Bonchev–Trinajstić information content (AvgIpc) is 2.94. The van der Waals surface area contributed by atoms with Gasteiger partial charge in [0.05, 0.1) is 3.79 Å². The zero-order valence-corrected chi connectivity index (χ0v) is 13.7. The van der Waals surface area contributed by atoms with Crippen molar-refractivity contribution in [1.82, 2.24) is 9.88 Å². The molecule has 2 heterocycles. The third-order valence-electron chi connectivity index (χ3n) is 2.45. The highest BCUT2D eigenvalue weighted by atomic mass is 79.9. The minimum absolute atomic E-state index is 0.112. The second-order valence-corrected chi connectivity index (χ2v) is 7.19. The van der Waals surface area contributed by atoms with Crippen LogP contribution in [0, 0.1) is 0 Å². The molecule has 0 aliphatic carbocycles. The normalized spacial score (nSPS) is 10.5. The molecule has 0 saturated carbocycles. The molecule has 0 aliphatic heterocycles. The molecule has 19 heavy (non-hydrogen) atoms. The van der Waals surface area contributed by atoms with Gasteiger partial charge in [0.15, 0.2) is 5.13 Å². The van der Waals surface area contributed by atoms with E-state index in [4.69, 9.17) is 5.73 Å². The van der Waals surface area contributed by atoms with Crippen LogP contribution in [-0.2, 0) is 6.54 Å². The molecule has 2 aromatic rings. The Kier molecular flexibility index (Phi) is 4.43. The molecule has 0 unspecified atom stereocenters. The second kappa shape index (κ2) is 5.89. The Hall–Kier alpha value is -1.12. The first-order valence-electron chi connectivity index (χ1n) is 5.43. The standard InChI is InChI=1S/C11H13BrN4OS2/c1-14-11-15-9(13)8(19-11)10(17)16(2)4-6-3-7(12)18-5-6/h3,5H,4,13H2,1-2H3,(H,14,15). The van der Waals surface area contributed by atoms with E-state index in [9.17, 15) is 4.79 Å². The minimum Gasteiger partial charge on any atom is -0.382 e. The molecule has 0 aliphatic rings. The lowest BCUT2D eigenvalue weighted by atomic mass is 10.3. The van der Waals surface area contributed by atoms with Gasteiger partial charge >= 0.3 is 0 Å². The molecule has 0 spiro atoms. The van der Waals surface area contributed by atoms with Crippen LogP contribution in [0.5, 0.6) is 0 Å². The van der Waals surface area contributed by atoms with Gasteiger partial charge in [-0.05, 0) is 32.9 Å². The summed E-state index contributed by atoms with van der Waals surface area (Å²) in [5.41, 5.74) is 6.85. The molecule has 2 rings (SSSR count). The molecule has 8 heteroatoms. The highest BCUT2D eigenvalue weighted by molar-refractivity contribution is 9.11.